The number of benzene rings is 2. The molecule has 1 unspecified atom stereocenters. The molecule has 0 aliphatic carbocycles. The third kappa shape index (κ3) is 3.65. The molecule has 1 amide bonds. The Morgan fingerprint density at radius 3 is 2.62 bits per heavy atom. The summed E-state index contributed by atoms with van der Waals surface area (Å²) in [4.78, 5) is 32.5. The Hall–Kier alpha value is -3.23. The van der Waals surface area contributed by atoms with Crippen molar-refractivity contribution in [2.24, 2.45) is 0 Å². The van der Waals surface area contributed by atoms with Crippen molar-refractivity contribution >= 4 is 40.3 Å². The second-order valence-corrected chi connectivity index (χ2v) is 8.80. The van der Waals surface area contributed by atoms with Crippen LogP contribution in [0.2, 0.25) is 5.02 Å². The van der Waals surface area contributed by atoms with Crippen LogP contribution in [0.1, 0.15) is 32.0 Å². The number of nitrogens with zero attached hydrogens (tertiary/aromatic N) is 2. The van der Waals surface area contributed by atoms with E-state index in [2.05, 4.69) is 4.98 Å². The summed E-state index contributed by atoms with van der Waals surface area (Å²) in [6, 6.07) is 9.63. The summed E-state index contributed by atoms with van der Waals surface area (Å²) in [7, 11) is 1.50. The number of aliphatic hydroxyl groups is 1. The summed E-state index contributed by atoms with van der Waals surface area (Å²) < 4.78 is 19.1. The van der Waals surface area contributed by atoms with Crippen LogP contribution in [0.5, 0.6) is 5.75 Å². The highest BCUT2D eigenvalue weighted by Gasteiger charge is 2.45. The van der Waals surface area contributed by atoms with Gasteiger partial charge in [-0.15, -0.1) is 11.3 Å². The maximum Gasteiger partial charge on any atom is 0.294 e. The number of hydrogen-bond donors (Lipinski definition) is 1. The SMILES string of the molecule is COc1cccc(C2C(C(=O)c3sc(C)nc3C)=C(O)C(=O)N2c2ccc(F)c(Cl)c2)c1. The fourth-order valence-electron chi connectivity index (χ4n) is 3.73. The van der Waals surface area contributed by atoms with E-state index < -0.39 is 29.3 Å². The van der Waals surface area contributed by atoms with Crippen LogP contribution in [-0.2, 0) is 4.79 Å². The average Bonchev–Trinajstić information content (AvgIpc) is 3.25. The monoisotopic (exact) mass is 472 g/mol. The quantitative estimate of drug-likeness (QED) is 0.507. The third-order valence-electron chi connectivity index (χ3n) is 5.15. The van der Waals surface area contributed by atoms with Gasteiger partial charge < -0.3 is 9.84 Å². The standard InChI is InChI=1S/C23H18ClFN2O4S/c1-11-22(32-12(2)26-11)20(28)18-19(13-5-4-6-15(9-13)31-3)27(23(30)21(18)29)14-7-8-17(25)16(24)10-14/h4-10,19,29H,1-3H3. The van der Waals surface area contributed by atoms with Crippen LogP contribution in [-0.4, -0.2) is 28.9 Å². The lowest BCUT2D eigenvalue weighted by atomic mass is 9.94. The molecule has 0 saturated heterocycles. The smallest absolute Gasteiger partial charge is 0.294 e. The molecule has 164 valence electrons. The molecule has 2 aromatic carbocycles. The number of aryl methyl sites for hydroxylation is 2. The lowest BCUT2D eigenvalue weighted by Gasteiger charge is -2.27. The summed E-state index contributed by atoms with van der Waals surface area (Å²) in [6.45, 7) is 3.47. The lowest BCUT2D eigenvalue weighted by molar-refractivity contribution is -0.117. The summed E-state index contributed by atoms with van der Waals surface area (Å²) in [5.74, 6) is -2.10. The van der Waals surface area contributed by atoms with Crippen LogP contribution in [0.4, 0.5) is 10.1 Å². The van der Waals surface area contributed by atoms with Crippen LogP contribution in [0, 0.1) is 19.7 Å². The molecule has 1 aliphatic heterocycles. The van der Waals surface area contributed by atoms with E-state index in [1.165, 1.54) is 35.5 Å². The third-order valence-corrected chi connectivity index (χ3v) is 6.51. The highest BCUT2D eigenvalue weighted by atomic mass is 35.5. The highest BCUT2D eigenvalue weighted by Crippen LogP contribution is 2.44. The number of ketones is 1. The van der Waals surface area contributed by atoms with Gasteiger partial charge in [0.1, 0.15) is 11.6 Å². The van der Waals surface area contributed by atoms with Crippen molar-refractivity contribution in [1.29, 1.82) is 0 Å². The van der Waals surface area contributed by atoms with E-state index in [9.17, 15) is 19.1 Å². The first-order chi connectivity index (χ1) is 15.2. The summed E-state index contributed by atoms with van der Waals surface area (Å²) >= 11 is 7.14. The topological polar surface area (TPSA) is 79.7 Å². The van der Waals surface area contributed by atoms with Gasteiger partial charge in [-0.05, 0) is 49.7 Å². The molecule has 9 heteroatoms. The average molecular weight is 473 g/mol. The van der Waals surface area contributed by atoms with Gasteiger partial charge in [0.25, 0.3) is 5.91 Å². The molecule has 0 fully saturated rings. The maximum atomic E-state index is 13.8. The molecule has 1 atom stereocenters. The first kappa shape index (κ1) is 22.0. The second kappa shape index (κ2) is 8.37. The van der Waals surface area contributed by atoms with Crippen molar-refractivity contribution < 1.29 is 23.8 Å². The number of methoxy groups -OCH3 is 1. The van der Waals surface area contributed by atoms with Crippen molar-refractivity contribution in [2.45, 2.75) is 19.9 Å². The lowest BCUT2D eigenvalue weighted by Crippen LogP contribution is -2.31. The van der Waals surface area contributed by atoms with Gasteiger partial charge >= 0.3 is 0 Å². The fourth-order valence-corrected chi connectivity index (χ4v) is 4.78. The molecule has 2 heterocycles. The number of rotatable bonds is 5. The largest absolute Gasteiger partial charge is 0.503 e. The first-order valence-corrected chi connectivity index (χ1v) is 10.8. The van der Waals surface area contributed by atoms with Crippen molar-refractivity contribution in [2.75, 3.05) is 12.0 Å². The van der Waals surface area contributed by atoms with Crippen LogP contribution < -0.4 is 9.64 Å². The molecular formula is C23H18ClFN2O4S. The predicted octanol–water partition coefficient (Wildman–Crippen LogP) is 5.34. The predicted molar refractivity (Wildman–Crippen MR) is 120 cm³/mol. The highest BCUT2D eigenvalue weighted by molar-refractivity contribution is 7.14. The summed E-state index contributed by atoms with van der Waals surface area (Å²) in [5, 5.41) is 11.3. The van der Waals surface area contributed by atoms with Crippen LogP contribution in [0.25, 0.3) is 0 Å². The molecule has 4 rings (SSSR count). The Labute approximate surface area is 192 Å². The Bertz CT molecular complexity index is 1290. The molecule has 0 bridgehead atoms. The zero-order valence-corrected chi connectivity index (χ0v) is 18.9. The Morgan fingerprint density at radius 1 is 1.25 bits per heavy atom. The molecule has 32 heavy (non-hydrogen) atoms. The van der Waals surface area contributed by atoms with E-state index in [4.69, 9.17) is 16.3 Å². The van der Waals surface area contributed by atoms with Gasteiger partial charge in [-0.1, -0.05) is 23.7 Å². The van der Waals surface area contributed by atoms with Gasteiger partial charge in [-0.25, -0.2) is 9.37 Å². The van der Waals surface area contributed by atoms with Gasteiger partial charge in [0.2, 0.25) is 5.78 Å². The number of aromatic nitrogens is 1. The molecule has 1 N–H and O–H groups in total. The van der Waals surface area contributed by atoms with Gasteiger partial charge in [0.05, 0.1) is 39.3 Å². The van der Waals surface area contributed by atoms with Gasteiger partial charge in [-0.2, -0.15) is 0 Å². The number of halogens is 2. The van der Waals surface area contributed by atoms with Crippen LogP contribution in [0.15, 0.2) is 53.8 Å². The molecule has 1 aliphatic rings. The van der Waals surface area contributed by atoms with Crippen LogP contribution >= 0.6 is 22.9 Å². The molecule has 3 aromatic rings. The number of aliphatic hydroxyl groups excluding tert-OH is 1. The number of anilines is 1. The number of Topliss-reactive ketones (excluding diaryl/α,β-unsaturated/α-hetero) is 1. The molecular weight excluding hydrogens is 455 g/mol. The van der Waals surface area contributed by atoms with E-state index in [0.717, 1.165) is 6.07 Å². The summed E-state index contributed by atoms with van der Waals surface area (Å²) in [6.07, 6.45) is 0. The van der Waals surface area contributed by atoms with E-state index in [1.54, 1.807) is 38.1 Å². The fraction of sp³-hybridized carbons (Fsp3) is 0.174. The van der Waals surface area contributed by atoms with E-state index in [0.29, 0.717) is 26.9 Å². The molecule has 0 saturated carbocycles. The number of carbonyl (C=O) groups is 2. The van der Waals surface area contributed by atoms with Gasteiger partial charge in [-0.3, -0.25) is 14.5 Å². The van der Waals surface area contributed by atoms with Crippen molar-refractivity contribution in [1.82, 2.24) is 4.98 Å². The minimum atomic E-state index is -0.978. The Kier molecular flexibility index (Phi) is 5.75. The minimum absolute atomic E-state index is 0.0875. The number of ether oxygens (including phenoxy) is 1. The zero-order valence-electron chi connectivity index (χ0n) is 17.3. The second-order valence-electron chi connectivity index (χ2n) is 7.19. The van der Waals surface area contributed by atoms with E-state index in [1.807, 2.05) is 0 Å². The molecule has 1 aromatic heterocycles. The van der Waals surface area contributed by atoms with E-state index in [-0.39, 0.29) is 16.3 Å². The van der Waals surface area contributed by atoms with Gasteiger partial charge in [0.15, 0.2) is 5.76 Å². The number of amides is 1. The molecule has 0 spiro atoms. The maximum absolute atomic E-state index is 13.8. The summed E-state index contributed by atoms with van der Waals surface area (Å²) in [5.41, 5.74) is 1.19. The number of hydrogen-bond acceptors (Lipinski definition) is 6. The number of thiazole rings is 1. The Morgan fingerprint density at radius 2 is 2.00 bits per heavy atom. The molecule has 6 nitrogen and oxygen atoms in total. The first-order valence-electron chi connectivity index (χ1n) is 9.57. The van der Waals surface area contributed by atoms with Crippen molar-refractivity contribution in [3.05, 3.63) is 85.8 Å². The zero-order chi connectivity index (χ0) is 23.2. The normalized spacial score (nSPS) is 16.1. The Balaban J connectivity index is 1.92. The van der Waals surface area contributed by atoms with E-state index >= 15 is 0 Å². The number of carbonyl (C=O) groups excluding carboxylic acids is 2. The van der Waals surface area contributed by atoms with Crippen molar-refractivity contribution in [3.63, 3.8) is 0 Å². The molecule has 0 radical (unpaired) electrons. The van der Waals surface area contributed by atoms with Crippen LogP contribution in [0.3, 0.4) is 0 Å². The minimum Gasteiger partial charge on any atom is -0.503 e. The van der Waals surface area contributed by atoms with Gasteiger partial charge in [0, 0.05) is 5.69 Å². The van der Waals surface area contributed by atoms with Crippen molar-refractivity contribution in [3.8, 4) is 5.75 Å².